The minimum atomic E-state index is -0.531. The Labute approximate surface area is 274 Å². The molecule has 0 aliphatic heterocycles. The normalized spacial score (nSPS) is 13.5. The van der Waals surface area contributed by atoms with Gasteiger partial charge in [-0.3, -0.25) is 4.79 Å². The molecule has 1 aliphatic rings. The first-order valence-corrected chi connectivity index (χ1v) is 15.8. The Morgan fingerprint density at radius 3 is 2.28 bits per heavy atom. The molecular formula is C40H38N2O5. The molecule has 238 valence electrons. The lowest BCUT2D eigenvalue weighted by molar-refractivity contribution is 0.0475. The van der Waals surface area contributed by atoms with E-state index in [2.05, 4.69) is 51.1 Å². The molecule has 3 aromatic carbocycles. The number of nitrogens with zero attached hydrogens (tertiary/aromatic N) is 2. The molecule has 2 aromatic heterocycles. The van der Waals surface area contributed by atoms with Gasteiger partial charge in [0.05, 0.1) is 29.4 Å². The molecule has 0 N–H and O–H groups in total. The first kappa shape index (κ1) is 31.7. The van der Waals surface area contributed by atoms with Crippen molar-refractivity contribution in [3.05, 3.63) is 129 Å². The molecule has 7 nitrogen and oxygen atoms in total. The van der Waals surface area contributed by atoms with Crippen molar-refractivity contribution in [2.75, 3.05) is 13.7 Å². The number of methoxy groups -OCH3 is 1. The number of hydrogen-bond donors (Lipinski definition) is 0. The molecular weight excluding hydrogens is 588 g/mol. The van der Waals surface area contributed by atoms with E-state index in [0.29, 0.717) is 34.0 Å². The Bertz CT molecular complexity index is 2060. The number of allylic oxidation sites excluding steroid dienone is 1. The number of fused-ring (bicyclic) bond motifs is 2. The van der Waals surface area contributed by atoms with Gasteiger partial charge >= 0.3 is 11.9 Å². The second-order valence-corrected chi connectivity index (χ2v) is 13.0. The lowest BCUT2D eigenvalue weighted by Gasteiger charge is -2.18. The minimum absolute atomic E-state index is 0.0729. The van der Waals surface area contributed by atoms with Crippen molar-refractivity contribution in [2.24, 2.45) is 0 Å². The highest BCUT2D eigenvalue weighted by molar-refractivity contribution is 6.08. The summed E-state index contributed by atoms with van der Waals surface area (Å²) in [4.78, 5) is 44.1. The summed E-state index contributed by atoms with van der Waals surface area (Å²) in [6, 6.07) is 24.9. The van der Waals surface area contributed by atoms with Gasteiger partial charge in [-0.25, -0.2) is 14.6 Å². The summed E-state index contributed by atoms with van der Waals surface area (Å²) in [5.41, 5.74) is 9.62. The van der Waals surface area contributed by atoms with E-state index in [9.17, 15) is 14.4 Å². The quantitative estimate of drug-likeness (QED) is 0.134. The van der Waals surface area contributed by atoms with Crippen LogP contribution in [0.4, 0.5) is 0 Å². The smallest absolute Gasteiger partial charge is 0.339 e. The maximum Gasteiger partial charge on any atom is 0.339 e. The van der Waals surface area contributed by atoms with Crippen molar-refractivity contribution in [3.8, 4) is 5.69 Å². The lowest BCUT2D eigenvalue weighted by atomic mass is 9.86. The van der Waals surface area contributed by atoms with Crippen LogP contribution < -0.4 is 0 Å². The lowest BCUT2D eigenvalue weighted by Crippen LogP contribution is -2.17. The highest BCUT2D eigenvalue weighted by Crippen LogP contribution is 2.38. The zero-order valence-electron chi connectivity index (χ0n) is 27.6. The molecule has 6 rings (SSSR count). The van der Waals surface area contributed by atoms with Gasteiger partial charge in [0.25, 0.3) is 0 Å². The Morgan fingerprint density at radius 2 is 1.60 bits per heavy atom. The van der Waals surface area contributed by atoms with Crippen molar-refractivity contribution in [1.29, 1.82) is 0 Å². The van der Waals surface area contributed by atoms with Gasteiger partial charge < -0.3 is 14.0 Å². The van der Waals surface area contributed by atoms with Gasteiger partial charge in [0.2, 0.25) is 5.78 Å². The summed E-state index contributed by atoms with van der Waals surface area (Å²) in [6.45, 7) is 9.96. The Morgan fingerprint density at radius 1 is 0.894 bits per heavy atom. The summed E-state index contributed by atoms with van der Waals surface area (Å²) < 4.78 is 12.5. The SMILES string of the molecule is COC(=O)c1ccc(-n2c(C)cc(C(=O)COC(=O)c3c4c(nc5ccccc35)/C(=C\c3ccc(C(C)(C)C)cc3)CC4)c2C)cc1. The highest BCUT2D eigenvalue weighted by Gasteiger charge is 2.28. The van der Waals surface area contributed by atoms with Gasteiger partial charge in [0, 0.05) is 28.0 Å². The van der Waals surface area contributed by atoms with E-state index in [0.717, 1.165) is 45.9 Å². The fraction of sp³-hybridized carbons (Fsp3) is 0.250. The molecule has 5 aromatic rings. The topological polar surface area (TPSA) is 87.5 Å². The van der Waals surface area contributed by atoms with Crippen LogP contribution in [-0.4, -0.2) is 41.0 Å². The fourth-order valence-corrected chi connectivity index (χ4v) is 6.38. The van der Waals surface area contributed by atoms with E-state index in [-0.39, 0.29) is 11.2 Å². The number of carbonyl (C=O) groups excluding carboxylic acids is 3. The number of aromatic nitrogens is 2. The first-order valence-electron chi connectivity index (χ1n) is 15.8. The molecule has 0 unspecified atom stereocenters. The van der Waals surface area contributed by atoms with Gasteiger partial charge in [0.1, 0.15) is 0 Å². The van der Waals surface area contributed by atoms with Crippen LogP contribution in [-0.2, 0) is 21.3 Å². The molecule has 7 heteroatoms. The molecule has 1 aliphatic carbocycles. The van der Waals surface area contributed by atoms with Crippen LogP contribution in [0.3, 0.4) is 0 Å². The minimum Gasteiger partial charge on any atom is -0.465 e. The first-order chi connectivity index (χ1) is 22.5. The predicted octanol–water partition coefficient (Wildman–Crippen LogP) is 8.25. The number of hydrogen-bond acceptors (Lipinski definition) is 6. The Kier molecular flexibility index (Phi) is 8.41. The van der Waals surface area contributed by atoms with Crippen molar-refractivity contribution < 1.29 is 23.9 Å². The third kappa shape index (κ3) is 6.13. The van der Waals surface area contributed by atoms with Gasteiger partial charge in [-0.1, -0.05) is 63.2 Å². The molecule has 47 heavy (non-hydrogen) atoms. The molecule has 0 fully saturated rings. The number of carbonyl (C=O) groups is 3. The van der Waals surface area contributed by atoms with Crippen molar-refractivity contribution in [1.82, 2.24) is 9.55 Å². The average molecular weight is 627 g/mol. The Balaban J connectivity index is 1.26. The van der Waals surface area contributed by atoms with Crippen molar-refractivity contribution in [2.45, 2.75) is 52.9 Å². The summed E-state index contributed by atoms with van der Waals surface area (Å²) in [6.07, 6.45) is 3.57. The van der Waals surface area contributed by atoms with E-state index in [1.54, 1.807) is 30.3 Å². The maximum absolute atomic E-state index is 13.8. The maximum atomic E-state index is 13.8. The van der Waals surface area contributed by atoms with Crippen LogP contribution in [0.15, 0.2) is 78.9 Å². The Hall–Kier alpha value is -5.30. The summed E-state index contributed by atoms with van der Waals surface area (Å²) in [5, 5.41) is 0.716. The van der Waals surface area contributed by atoms with E-state index >= 15 is 0 Å². The summed E-state index contributed by atoms with van der Waals surface area (Å²) >= 11 is 0. The number of ketones is 1. The molecule has 0 saturated carbocycles. The van der Waals surface area contributed by atoms with Crippen LogP contribution in [0.2, 0.25) is 0 Å². The largest absolute Gasteiger partial charge is 0.465 e. The molecule has 2 heterocycles. The van der Waals surface area contributed by atoms with Crippen LogP contribution in [0.1, 0.15) is 92.0 Å². The summed E-state index contributed by atoms with van der Waals surface area (Å²) in [5.74, 6) is -1.24. The van der Waals surface area contributed by atoms with Crippen molar-refractivity contribution >= 4 is 40.3 Å². The van der Waals surface area contributed by atoms with Crippen LogP contribution in [0, 0.1) is 13.8 Å². The number of rotatable bonds is 7. The molecule has 0 spiro atoms. The molecule has 0 amide bonds. The molecule has 0 atom stereocenters. The number of Topliss-reactive ketones (excluding diaryl/α,β-unsaturated/α-hetero) is 1. The van der Waals surface area contributed by atoms with Gasteiger partial charge in [-0.05, 0) is 96.8 Å². The third-order valence-electron chi connectivity index (χ3n) is 8.88. The van der Waals surface area contributed by atoms with Crippen molar-refractivity contribution in [3.63, 3.8) is 0 Å². The fourth-order valence-electron chi connectivity index (χ4n) is 6.38. The molecule has 0 saturated heterocycles. The second kappa shape index (κ2) is 12.5. The van der Waals surface area contributed by atoms with Gasteiger partial charge in [-0.15, -0.1) is 0 Å². The number of aryl methyl sites for hydroxylation is 1. The second-order valence-electron chi connectivity index (χ2n) is 13.0. The average Bonchev–Trinajstić information content (AvgIpc) is 3.60. The number of para-hydroxylation sites is 1. The number of ether oxygens (including phenoxy) is 2. The third-order valence-corrected chi connectivity index (χ3v) is 8.88. The zero-order valence-corrected chi connectivity index (χ0v) is 27.6. The van der Waals surface area contributed by atoms with E-state index in [1.807, 2.05) is 42.7 Å². The van der Waals surface area contributed by atoms with Crippen LogP contribution in [0.25, 0.3) is 28.2 Å². The molecule has 0 bridgehead atoms. The zero-order chi connectivity index (χ0) is 33.5. The van der Waals surface area contributed by atoms with Crippen LogP contribution >= 0.6 is 0 Å². The van der Waals surface area contributed by atoms with E-state index in [4.69, 9.17) is 14.5 Å². The molecule has 0 radical (unpaired) electrons. The standard InChI is InChI=1S/C40H38N2O5/c1-24-21-33(25(2)42(24)30-18-13-27(14-19-30)38(44)46-6)35(43)23-47-39(45)36-31-9-7-8-10-34(31)41-37-28(15-20-32(36)37)22-26-11-16-29(17-12-26)40(3,4)5/h7-14,16-19,21-22H,15,20,23H2,1-6H3/b28-22-. The predicted molar refractivity (Wildman–Crippen MR) is 184 cm³/mol. The summed E-state index contributed by atoms with van der Waals surface area (Å²) in [7, 11) is 1.34. The van der Waals surface area contributed by atoms with E-state index < -0.39 is 18.5 Å². The van der Waals surface area contributed by atoms with Gasteiger partial charge in [-0.2, -0.15) is 0 Å². The number of pyridine rings is 1. The van der Waals surface area contributed by atoms with E-state index in [1.165, 1.54) is 12.7 Å². The number of esters is 2. The number of benzene rings is 3. The monoisotopic (exact) mass is 626 g/mol. The highest BCUT2D eigenvalue weighted by atomic mass is 16.5. The van der Waals surface area contributed by atoms with Crippen LogP contribution in [0.5, 0.6) is 0 Å². The van der Waals surface area contributed by atoms with Gasteiger partial charge in [0.15, 0.2) is 6.61 Å².